The molecular formula is C10H9ClFNO3. The van der Waals surface area contributed by atoms with E-state index in [4.69, 9.17) is 11.6 Å². The van der Waals surface area contributed by atoms with Crippen molar-refractivity contribution in [2.45, 2.75) is 0 Å². The lowest BCUT2D eigenvalue weighted by Crippen LogP contribution is -2.15. The number of hydrogen-bond donors (Lipinski definition) is 1. The average molecular weight is 246 g/mol. The first kappa shape index (κ1) is 12.4. The normalized spacial score (nSPS) is 9.69. The van der Waals surface area contributed by atoms with Crippen molar-refractivity contribution in [3.8, 4) is 0 Å². The van der Waals surface area contributed by atoms with Crippen LogP contribution in [0.2, 0.25) is 0 Å². The van der Waals surface area contributed by atoms with Crippen LogP contribution in [0.5, 0.6) is 0 Å². The number of carbonyl (C=O) groups is 2. The van der Waals surface area contributed by atoms with Crippen LogP contribution in [0, 0.1) is 5.82 Å². The van der Waals surface area contributed by atoms with E-state index in [1.807, 2.05) is 0 Å². The maximum absolute atomic E-state index is 13.6. The maximum atomic E-state index is 13.6. The number of hydrogen-bond acceptors (Lipinski definition) is 3. The van der Waals surface area contributed by atoms with Gasteiger partial charge in [-0.05, 0) is 12.1 Å². The molecule has 4 nitrogen and oxygen atoms in total. The van der Waals surface area contributed by atoms with Gasteiger partial charge >= 0.3 is 5.97 Å². The first-order valence-electron chi connectivity index (χ1n) is 4.32. The summed E-state index contributed by atoms with van der Waals surface area (Å²) in [4.78, 5) is 22.1. The van der Waals surface area contributed by atoms with E-state index >= 15 is 0 Å². The molecule has 1 aromatic carbocycles. The predicted octanol–water partition coefficient (Wildman–Crippen LogP) is 1.79. The summed E-state index contributed by atoms with van der Waals surface area (Å²) < 4.78 is 18.0. The molecule has 0 bridgehead atoms. The molecular weight excluding hydrogens is 237 g/mol. The highest BCUT2D eigenvalue weighted by atomic mass is 35.5. The Morgan fingerprint density at radius 2 is 2.19 bits per heavy atom. The van der Waals surface area contributed by atoms with Gasteiger partial charge in [-0.3, -0.25) is 4.79 Å². The van der Waals surface area contributed by atoms with E-state index in [-0.39, 0.29) is 17.1 Å². The summed E-state index contributed by atoms with van der Waals surface area (Å²) in [5.41, 5.74) is -0.344. The number of nitrogens with one attached hydrogen (secondary N) is 1. The zero-order valence-corrected chi connectivity index (χ0v) is 9.18. The zero-order chi connectivity index (χ0) is 12.1. The second-order valence-electron chi connectivity index (χ2n) is 2.84. The minimum atomic E-state index is -0.840. The Bertz CT molecular complexity index is 423. The Morgan fingerprint density at radius 1 is 1.50 bits per heavy atom. The SMILES string of the molecule is COC(=O)c1cccc(NC(=O)CCl)c1F. The number of benzene rings is 1. The van der Waals surface area contributed by atoms with Gasteiger partial charge < -0.3 is 10.1 Å². The van der Waals surface area contributed by atoms with Gasteiger partial charge in [-0.25, -0.2) is 9.18 Å². The van der Waals surface area contributed by atoms with Crippen LogP contribution >= 0.6 is 11.6 Å². The molecule has 0 radical (unpaired) electrons. The molecule has 0 aliphatic carbocycles. The minimum Gasteiger partial charge on any atom is -0.465 e. The number of halogens is 2. The number of alkyl halides is 1. The number of anilines is 1. The Morgan fingerprint density at radius 3 is 2.75 bits per heavy atom. The first-order chi connectivity index (χ1) is 7.60. The second kappa shape index (κ2) is 5.46. The molecule has 0 aliphatic heterocycles. The molecule has 0 aliphatic rings. The zero-order valence-electron chi connectivity index (χ0n) is 8.42. The van der Waals surface area contributed by atoms with Gasteiger partial charge in [0.1, 0.15) is 5.88 Å². The Kier molecular flexibility index (Phi) is 4.25. The van der Waals surface area contributed by atoms with Crippen LogP contribution in [0.15, 0.2) is 18.2 Å². The van der Waals surface area contributed by atoms with Gasteiger partial charge in [0.2, 0.25) is 5.91 Å². The van der Waals surface area contributed by atoms with Crippen LogP contribution in [0.4, 0.5) is 10.1 Å². The fraction of sp³-hybridized carbons (Fsp3) is 0.200. The lowest BCUT2D eigenvalue weighted by Gasteiger charge is -2.07. The van der Waals surface area contributed by atoms with E-state index in [1.165, 1.54) is 18.2 Å². The van der Waals surface area contributed by atoms with Crippen molar-refractivity contribution < 1.29 is 18.7 Å². The van der Waals surface area contributed by atoms with E-state index in [9.17, 15) is 14.0 Å². The molecule has 1 aromatic rings. The van der Waals surface area contributed by atoms with E-state index in [0.29, 0.717) is 0 Å². The molecule has 0 saturated carbocycles. The van der Waals surface area contributed by atoms with Crippen molar-refractivity contribution in [1.82, 2.24) is 0 Å². The molecule has 0 heterocycles. The minimum absolute atomic E-state index is 0.103. The smallest absolute Gasteiger partial charge is 0.340 e. The summed E-state index contributed by atoms with van der Waals surface area (Å²) in [5.74, 6) is -2.49. The first-order valence-corrected chi connectivity index (χ1v) is 4.86. The van der Waals surface area contributed by atoms with Gasteiger partial charge in [0.25, 0.3) is 0 Å². The van der Waals surface area contributed by atoms with Crippen molar-refractivity contribution >= 4 is 29.2 Å². The number of carbonyl (C=O) groups excluding carboxylic acids is 2. The molecule has 0 unspecified atom stereocenters. The van der Waals surface area contributed by atoms with Crippen molar-refractivity contribution in [3.63, 3.8) is 0 Å². The fourth-order valence-corrected chi connectivity index (χ4v) is 1.15. The number of ether oxygens (including phenoxy) is 1. The Labute approximate surface area is 96.3 Å². The molecule has 16 heavy (non-hydrogen) atoms. The van der Waals surface area contributed by atoms with Gasteiger partial charge in [0, 0.05) is 0 Å². The highest BCUT2D eigenvalue weighted by Crippen LogP contribution is 2.18. The van der Waals surface area contributed by atoms with Crippen LogP contribution in [0.3, 0.4) is 0 Å². The van der Waals surface area contributed by atoms with E-state index in [2.05, 4.69) is 10.1 Å². The Balaban J connectivity index is 3.04. The number of amides is 1. The standard InChI is InChI=1S/C10H9ClFNO3/c1-16-10(15)6-3-2-4-7(9(6)12)13-8(14)5-11/h2-4H,5H2,1H3,(H,13,14). The average Bonchev–Trinajstić information content (AvgIpc) is 2.30. The highest BCUT2D eigenvalue weighted by molar-refractivity contribution is 6.29. The summed E-state index contributed by atoms with van der Waals surface area (Å²) in [6.45, 7) is 0. The van der Waals surface area contributed by atoms with Gasteiger partial charge in [-0.2, -0.15) is 0 Å². The summed E-state index contributed by atoms with van der Waals surface area (Å²) in [7, 11) is 1.14. The van der Waals surface area contributed by atoms with Crippen LogP contribution in [0.25, 0.3) is 0 Å². The maximum Gasteiger partial charge on any atom is 0.340 e. The third-order valence-corrected chi connectivity index (χ3v) is 2.04. The molecule has 86 valence electrons. The van der Waals surface area contributed by atoms with E-state index in [0.717, 1.165) is 7.11 Å². The molecule has 0 spiro atoms. The quantitative estimate of drug-likeness (QED) is 0.653. The molecule has 1 N–H and O–H groups in total. The summed E-state index contributed by atoms with van der Waals surface area (Å²) in [5, 5.41) is 2.23. The second-order valence-corrected chi connectivity index (χ2v) is 3.11. The fourth-order valence-electron chi connectivity index (χ4n) is 1.08. The van der Waals surface area contributed by atoms with Crippen molar-refractivity contribution in [2.24, 2.45) is 0 Å². The lowest BCUT2D eigenvalue weighted by atomic mass is 10.2. The molecule has 1 rings (SSSR count). The van der Waals surface area contributed by atoms with Crippen molar-refractivity contribution in [1.29, 1.82) is 0 Å². The van der Waals surface area contributed by atoms with E-state index < -0.39 is 17.7 Å². The predicted molar refractivity (Wildman–Crippen MR) is 57.1 cm³/mol. The molecule has 0 atom stereocenters. The summed E-state index contributed by atoms with van der Waals surface area (Å²) in [6, 6.07) is 4.02. The molecule has 1 amide bonds. The van der Waals surface area contributed by atoms with Crippen molar-refractivity contribution in [3.05, 3.63) is 29.6 Å². The third-order valence-electron chi connectivity index (χ3n) is 1.80. The molecule has 0 fully saturated rings. The third kappa shape index (κ3) is 2.70. The number of rotatable bonds is 3. The van der Waals surface area contributed by atoms with Crippen LogP contribution in [0.1, 0.15) is 10.4 Å². The summed E-state index contributed by atoms with van der Waals surface area (Å²) in [6.07, 6.45) is 0. The summed E-state index contributed by atoms with van der Waals surface area (Å²) >= 11 is 5.26. The monoisotopic (exact) mass is 245 g/mol. The lowest BCUT2D eigenvalue weighted by molar-refractivity contribution is -0.113. The highest BCUT2D eigenvalue weighted by Gasteiger charge is 2.16. The van der Waals surface area contributed by atoms with Crippen LogP contribution in [-0.2, 0) is 9.53 Å². The van der Waals surface area contributed by atoms with Crippen molar-refractivity contribution in [2.75, 3.05) is 18.3 Å². The molecule has 6 heteroatoms. The van der Waals surface area contributed by atoms with Gasteiger partial charge in [0.05, 0.1) is 18.4 Å². The topological polar surface area (TPSA) is 55.4 Å². The van der Waals surface area contributed by atoms with Gasteiger partial charge in [0.15, 0.2) is 5.82 Å². The van der Waals surface area contributed by atoms with E-state index in [1.54, 1.807) is 0 Å². The molecule has 0 aromatic heterocycles. The number of esters is 1. The Hall–Kier alpha value is -1.62. The van der Waals surface area contributed by atoms with Gasteiger partial charge in [-0.15, -0.1) is 11.6 Å². The van der Waals surface area contributed by atoms with Crippen LogP contribution in [-0.4, -0.2) is 24.9 Å². The molecule has 0 saturated heterocycles. The number of methoxy groups -OCH3 is 1. The largest absolute Gasteiger partial charge is 0.465 e. The van der Waals surface area contributed by atoms with Gasteiger partial charge in [-0.1, -0.05) is 6.07 Å². The van der Waals surface area contributed by atoms with Crippen LogP contribution < -0.4 is 5.32 Å².